The summed E-state index contributed by atoms with van der Waals surface area (Å²) < 4.78 is 1.92. The number of carbonyl (C=O) groups is 1. The number of hydrogen-bond acceptors (Lipinski definition) is 3. The summed E-state index contributed by atoms with van der Waals surface area (Å²) in [5, 5.41) is 3.30. The molecule has 4 rings (SSSR count). The number of aromatic nitrogens is 2. The van der Waals surface area contributed by atoms with Crippen molar-refractivity contribution in [2.75, 3.05) is 20.1 Å². The number of nitrogens with zero attached hydrogens (tertiary/aromatic N) is 3. The van der Waals surface area contributed by atoms with Gasteiger partial charge in [0, 0.05) is 25.0 Å². The van der Waals surface area contributed by atoms with Crippen molar-refractivity contribution in [3.8, 4) is 0 Å². The van der Waals surface area contributed by atoms with E-state index in [9.17, 15) is 4.79 Å². The summed E-state index contributed by atoms with van der Waals surface area (Å²) in [4.78, 5) is 19.7. The van der Waals surface area contributed by atoms with Gasteiger partial charge in [-0.3, -0.25) is 4.79 Å². The zero-order valence-corrected chi connectivity index (χ0v) is 15.9. The first-order chi connectivity index (χ1) is 13.1. The molecule has 1 aliphatic heterocycles. The van der Waals surface area contributed by atoms with Crippen molar-refractivity contribution in [2.45, 2.75) is 25.8 Å². The van der Waals surface area contributed by atoms with Gasteiger partial charge >= 0.3 is 0 Å². The maximum atomic E-state index is 12.9. The molecular weight excluding hydrogens is 336 g/mol. The van der Waals surface area contributed by atoms with Crippen molar-refractivity contribution in [3.05, 3.63) is 71.7 Å². The van der Waals surface area contributed by atoms with Gasteiger partial charge in [-0.25, -0.2) is 4.98 Å². The minimum Gasteiger partial charge on any atom is -0.349 e. The first kappa shape index (κ1) is 17.7. The highest BCUT2D eigenvalue weighted by Crippen LogP contribution is 2.21. The molecule has 1 amide bonds. The second-order valence-corrected chi connectivity index (χ2v) is 7.65. The van der Waals surface area contributed by atoms with Gasteiger partial charge in [-0.15, -0.1) is 0 Å². The highest BCUT2D eigenvalue weighted by Gasteiger charge is 2.29. The number of rotatable bonds is 4. The lowest BCUT2D eigenvalue weighted by Gasteiger charge is -2.37. The Hall–Kier alpha value is -2.66. The number of hydrogen-bond donors (Lipinski definition) is 1. The summed E-state index contributed by atoms with van der Waals surface area (Å²) in [5.41, 5.74) is 3.82. The van der Waals surface area contributed by atoms with E-state index in [0.717, 1.165) is 37.3 Å². The highest BCUT2D eigenvalue weighted by atomic mass is 16.1. The fourth-order valence-corrected chi connectivity index (χ4v) is 4.03. The lowest BCUT2D eigenvalue weighted by Crippen LogP contribution is -2.50. The largest absolute Gasteiger partial charge is 0.349 e. The molecule has 5 nitrogen and oxygen atoms in total. The minimum atomic E-state index is -0.00383. The fraction of sp³-hybridized carbons (Fsp3) is 0.364. The van der Waals surface area contributed by atoms with E-state index < -0.39 is 0 Å². The molecule has 2 atom stereocenters. The standard InChI is InChI=1S/C22H26N4O/c1-16-13-26-15-18(8-9-21(26)23-16)22(27)24-20-10-11-25(2)14-19(20)12-17-6-4-3-5-7-17/h3-9,13,15,19-20H,10-12,14H2,1-2H3,(H,24,27)/t19-,20+/m1/s1. The van der Waals surface area contributed by atoms with Crippen LogP contribution in [0, 0.1) is 12.8 Å². The van der Waals surface area contributed by atoms with E-state index >= 15 is 0 Å². The third-order valence-electron chi connectivity index (χ3n) is 5.43. The van der Waals surface area contributed by atoms with Crippen LogP contribution in [0.3, 0.4) is 0 Å². The van der Waals surface area contributed by atoms with E-state index in [0.29, 0.717) is 11.5 Å². The Kier molecular flexibility index (Phi) is 4.94. The summed E-state index contributed by atoms with van der Waals surface area (Å²) in [5.74, 6) is 0.408. The molecule has 0 unspecified atom stereocenters. The Balaban J connectivity index is 1.50. The number of nitrogens with one attached hydrogen (secondary N) is 1. The number of carbonyl (C=O) groups excluding carboxylic acids is 1. The molecule has 0 spiro atoms. The van der Waals surface area contributed by atoms with Gasteiger partial charge in [-0.2, -0.15) is 0 Å². The molecule has 3 aromatic rings. The van der Waals surface area contributed by atoms with Crippen LogP contribution >= 0.6 is 0 Å². The molecule has 140 valence electrons. The average molecular weight is 362 g/mol. The number of amides is 1. The molecule has 0 radical (unpaired) electrons. The number of benzene rings is 1. The molecule has 1 aromatic carbocycles. The topological polar surface area (TPSA) is 49.6 Å². The van der Waals surface area contributed by atoms with Gasteiger partial charge in [0.05, 0.1) is 11.3 Å². The summed E-state index contributed by atoms with van der Waals surface area (Å²) in [6.07, 6.45) is 5.77. The van der Waals surface area contributed by atoms with Crippen molar-refractivity contribution in [1.82, 2.24) is 19.6 Å². The Morgan fingerprint density at radius 2 is 2.00 bits per heavy atom. The van der Waals surface area contributed by atoms with E-state index in [4.69, 9.17) is 0 Å². The van der Waals surface area contributed by atoms with Crippen molar-refractivity contribution >= 4 is 11.6 Å². The number of imidazole rings is 1. The highest BCUT2D eigenvalue weighted by molar-refractivity contribution is 5.94. The van der Waals surface area contributed by atoms with Crippen molar-refractivity contribution < 1.29 is 4.79 Å². The van der Waals surface area contributed by atoms with Crippen LogP contribution in [0.1, 0.15) is 28.0 Å². The van der Waals surface area contributed by atoms with Crippen LogP contribution in [0.25, 0.3) is 5.65 Å². The lowest BCUT2D eigenvalue weighted by molar-refractivity contribution is 0.0873. The molecule has 1 N–H and O–H groups in total. The molecule has 1 saturated heterocycles. The van der Waals surface area contributed by atoms with Gasteiger partial charge < -0.3 is 14.6 Å². The van der Waals surface area contributed by atoms with Crippen LogP contribution in [0.5, 0.6) is 0 Å². The molecule has 1 fully saturated rings. The maximum Gasteiger partial charge on any atom is 0.253 e. The number of likely N-dealkylation sites (tertiary alicyclic amines) is 1. The van der Waals surface area contributed by atoms with Gasteiger partial charge in [0.1, 0.15) is 5.65 Å². The predicted octanol–water partition coefficient (Wildman–Crippen LogP) is 2.94. The number of fused-ring (bicyclic) bond motifs is 1. The van der Waals surface area contributed by atoms with Crippen LogP contribution in [0.2, 0.25) is 0 Å². The summed E-state index contributed by atoms with van der Waals surface area (Å²) >= 11 is 0. The van der Waals surface area contributed by atoms with Crippen molar-refractivity contribution in [2.24, 2.45) is 5.92 Å². The van der Waals surface area contributed by atoms with Gasteiger partial charge in [0.15, 0.2) is 0 Å². The summed E-state index contributed by atoms with van der Waals surface area (Å²) in [6.45, 7) is 3.97. The number of pyridine rings is 1. The van der Waals surface area contributed by atoms with Crippen LogP contribution in [0.15, 0.2) is 54.9 Å². The van der Waals surface area contributed by atoms with E-state index in [2.05, 4.69) is 46.5 Å². The van der Waals surface area contributed by atoms with E-state index in [1.807, 2.05) is 41.9 Å². The first-order valence-electron chi connectivity index (χ1n) is 9.57. The zero-order chi connectivity index (χ0) is 18.8. The maximum absolute atomic E-state index is 12.9. The lowest BCUT2D eigenvalue weighted by atomic mass is 9.86. The first-order valence-corrected chi connectivity index (χ1v) is 9.57. The zero-order valence-electron chi connectivity index (χ0n) is 15.9. The molecule has 0 saturated carbocycles. The van der Waals surface area contributed by atoms with E-state index in [1.165, 1.54) is 5.56 Å². The average Bonchev–Trinajstić information content (AvgIpc) is 3.04. The molecule has 3 heterocycles. The van der Waals surface area contributed by atoms with Crippen molar-refractivity contribution in [1.29, 1.82) is 0 Å². The predicted molar refractivity (Wildman–Crippen MR) is 107 cm³/mol. The Bertz CT molecular complexity index is 934. The van der Waals surface area contributed by atoms with Crippen LogP contribution in [-0.4, -0.2) is 46.4 Å². The smallest absolute Gasteiger partial charge is 0.253 e. The Morgan fingerprint density at radius 3 is 2.81 bits per heavy atom. The number of aryl methyl sites for hydroxylation is 1. The van der Waals surface area contributed by atoms with E-state index in [-0.39, 0.29) is 11.9 Å². The third-order valence-corrected chi connectivity index (χ3v) is 5.43. The second-order valence-electron chi connectivity index (χ2n) is 7.65. The fourth-order valence-electron chi connectivity index (χ4n) is 4.03. The Labute approximate surface area is 160 Å². The second kappa shape index (κ2) is 7.53. The quantitative estimate of drug-likeness (QED) is 0.776. The summed E-state index contributed by atoms with van der Waals surface area (Å²) in [6, 6.07) is 14.5. The number of piperidine rings is 1. The van der Waals surface area contributed by atoms with Crippen LogP contribution in [-0.2, 0) is 6.42 Å². The van der Waals surface area contributed by atoms with Gasteiger partial charge in [-0.1, -0.05) is 30.3 Å². The van der Waals surface area contributed by atoms with Crippen LogP contribution < -0.4 is 5.32 Å². The molecule has 5 heteroatoms. The SMILES string of the molecule is Cc1cn2cc(C(=O)N[C@H]3CCN(C)C[C@H]3Cc3ccccc3)ccc2n1. The molecule has 27 heavy (non-hydrogen) atoms. The molecule has 0 aliphatic carbocycles. The van der Waals surface area contributed by atoms with Gasteiger partial charge in [0.25, 0.3) is 5.91 Å². The molecule has 1 aliphatic rings. The monoisotopic (exact) mass is 362 g/mol. The molecule has 0 bridgehead atoms. The van der Waals surface area contributed by atoms with Gasteiger partial charge in [0.2, 0.25) is 0 Å². The van der Waals surface area contributed by atoms with E-state index in [1.54, 1.807) is 0 Å². The minimum absolute atomic E-state index is 0.00383. The molecule has 2 aromatic heterocycles. The third kappa shape index (κ3) is 4.03. The van der Waals surface area contributed by atoms with Gasteiger partial charge in [-0.05, 0) is 57.0 Å². The normalized spacial score (nSPS) is 20.7. The molecular formula is C22H26N4O. The Morgan fingerprint density at radius 1 is 1.19 bits per heavy atom. The van der Waals surface area contributed by atoms with Crippen molar-refractivity contribution in [3.63, 3.8) is 0 Å². The van der Waals surface area contributed by atoms with Crippen LogP contribution in [0.4, 0.5) is 0 Å². The summed E-state index contributed by atoms with van der Waals surface area (Å²) in [7, 11) is 2.16.